The summed E-state index contributed by atoms with van der Waals surface area (Å²) in [5.41, 5.74) is 2.06. The van der Waals surface area contributed by atoms with E-state index in [2.05, 4.69) is 21.2 Å². The Balaban J connectivity index is 2.02. The third-order valence-corrected chi connectivity index (χ3v) is 3.18. The van der Waals surface area contributed by atoms with Crippen molar-refractivity contribution in [2.24, 2.45) is 0 Å². The van der Waals surface area contributed by atoms with Gasteiger partial charge in [-0.25, -0.2) is 0 Å². The van der Waals surface area contributed by atoms with Gasteiger partial charge in [0.25, 0.3) is 0 Å². The number of rotatable bonds is 3. The number of anilines is 1. The van der Waals surface area contributed by atoms with Crippen LogP contribution in [0, 0.1) is 0 Å². The van der Waals surface area contributed by atoms with Gasteiger partial charge in [0.05, 0.1) is 5.02 Å². The van der Waals surface area contributed by atoms with E-state index in [1.165, 1.54) is 0 Å². The zero-order chi connectivity index (χ0) is 12.3. The quantitative estimate of drug-likeness (QED) is 0.879. The van der Waals surface area contributed by atoms with Gasteiger partial charge in [-0.15, -0.1) is 0 Å². The van der Waals surface area contributed by atoms with Gasteiger partial charge in [-0.05, 0) is 42.0 Å². The molecule has 0 radical (unpaired) electrons. The minimum absolute atomic E-state index is 0.110. The first-order valence-corrected chi connectivity index (χ1v) is 6.29. The highest BCUT2D eigenvalue weighted by Gasteiger charge is 2.00. The molecule has 0 aliphatic heterocycles. The number of hydrogen-bond donors (Lipinski definition) is 2. The van der Waals surface area contributed by atoms with Crippen molar-refractivity contribution in [3.8, 4) is 5.75 Å². The summed E-state index contributed by atoms with van der Waals surface area (Å²) >= 11 is 9.22. The van der Waals surface area contributed by atoms with Crippen LogP contribution in [0.15, 0.2) is 46.9 Å². The molecule has 0 bridgehead atoms. The lowest BCUT2D eigenvalue weighted by atomic mass is 10.2. The summed E-state index contributed by atoms with van der Waals surface area (Å²) < 4.78 is 1.05. The minimum Gasteiger partial charge on any atom is -0.506 e. The van der Waals surface area contributed by atoms with Crippen molar-refractivity contribution in [2.45, 2.75) is 6.54 Å². The predicted octanol–water partition coefficient (Wildman–Crippen LogP) is 4.42. The molecule has 0 fully saturated rings. The van der Waals surface area contributed by atoms with E-state index in [9.17, 15) is 5.11 Å². The first-order valence-electron chi connectivity index (χ1n) is 5.12. The van der Waals surface area contributed by atoms with E-state index >= 15 is 0 Å². The Bertz CT molecular complexity index is 513. The Morgan fingerprint density at radius 1 is 1.12 bits per heavy atom. The first kappa shape index (κ1) is 12.3. The molecule has 88 valence electrons. The van der Waals surface area contributed by atoms with Crippen LogP contribution in [-0.2, 0) is 6.54 Å². The molecular weight excluding hydrogens is 302 g/mol. The highest BCUT2D eigenvalue weighted by Crippen LogP contribution is 2.24. The highest BCUT2D eigenvalue weighted by molar-refractivity contribution is 9.10. The third kappa shape index (κ3) is 3.38. The molecule has 0 heterocycles. The summed E-state index contributed by atoms with van der Waals surface area (Å²) in [6, 6.07) is 13.1. The van der Waals surface area contributed by atoms with Crippen LogP contribution in [0.2, 0.25) is 5.02 Å². The van der Waals surface area contributed by atoms with Crippen molar-refractivity contribution in [3.63, 3.8) is 0 Å². The molecule has 2 N–H and O–H groups in total. The van der Waals surface area contributed by atoms with Crippen molar-refractivity contribution in [3.05, 3.63) is 57.5 Å². The Morgan fingerprint density at radius 3 is 2.47 bits per heavy atom. The number of hydrogen-bond acceptors (Lipinski definition) is 2. The SMILES string of the molecule is Oc1ccc(CNc2ccc(Br)cc2)cc1Cl. The van der Waals surface area contributed by atoms with Crippen LogP contribution in [0.1, 0.15) is 5.56 Å². The van der Waals surface area contributed by atoms with Gasteiger partial charge in [0, 0.05) is 16.7 Å². The second-order valence-electron chi connectivity index (χ2n) is 3.65. The monoisotopic (exact) mass is 311 g/mol. The van der Waals surface area contributed by atoms with Crippen LogP contribution >= 0.6 is 27.5 Å². The van der Waals surface area contributed by atoms with E-state index in [0.29, 0.717) is 11.6 Å². The molecule has 2 nitrogen and oxygen atoms in total. The summed E-state index contributed by atoms with van der Waals surface area (Å²) in [5.74, 6) is 0.110. The Kier molecular flexibility index (Phi) is 3.92. The van der Waals surface area contributed by atoms with Crippen LogP contribution in [0.25, 0.3) is 0 Å². The van der Waals surface area contributed by atoms with Gasteiger partial charge in [0.2, 0.25) is 0 Å². The van der Waals surface area contributed by atoms with Crippen LogP contribution < -0.4 is 5.32 Å². The molecular formula is C13H11BrClNO. The van der Waals surface area contributed by atoms with Gasteiger partial charge in [-0.3, -0.25) is 0 Å². The second kappa shape index (κ2) is 5.43. The maximum Gasteiger partial charge on any atom is 0.134 e. The first-order chi connectivity index (χ1) is 8.15. The van der Waals surface area contributed by atoms with E-state index < -0.39 is 0 Å². The zero-order valence-corrected chi connectivity index (χ0v) is 11.3. The Labute approximate surface area is 113 Å². The molecule has 0 unspecified atom stereocenters. The summed E-state index contributed by atoms with van der Waals surface area (Å²) in [7, 11) is 0. The summed E-state index contributed by atoms with van der Waals surface area (Å²) in [6.45, 7) is 0.668. The third-order valence-electron chi connectivity index (χ3n) is 2.35. The Morgan fingerprint density at radius 2 is 1.82 bits per heavy atom. The van der Waals surface area contributed by atoms with Crippen molar-refractivity contribution in [1.82, 2.24) is 0 Å². The fraction of sp³-hybridized carbons (Fsp3) is 0.0769. The normalized spacial score (nSPS) is 10.2. The molecule has 17 heavy (non-hydrogen) atoms. The number of halogens is 2. The molecule has 2 aromatic rings. The zero-order valence-electron chi connectivity index (χ0n) is 8.95. The summed E-state index contributed by atoms with van der Waals surface area (Å²) in [6.07, 6.45) is 0. The van der Waals surface area contributed by atoms with Crippen molar-refractivity contribution < 1.29 is 5.11 Å². The predicted molar refractivity (Wildman–Crippen MR) is 74.6 cm³/mol. The molecule has 0 saturated heterocycles. The molecule has 0 saturated carbocycles. The van der Waals surface area contributed by atoms with Crippen LogP contribution in [-0.4, -0.2) is 5.11 Å². The van der Waals surface area contributed by atoms with E-state index in [0.717, 1.165) is 15.7 Å². The fourth-order valence-electron chi connectivity index (χ4n) is 1.43. The maximum atomic E-state index is 9.30. The summed E-state index contributed by atoms with van der Waals surface area (Å²) in [4.78, 5) is 0. The van der Waals surface area contributed by atoms with Gasteiger partial charge in [0.15, 0.2) is 0 Å². The van der Waals surface area contributed by atoms with Crippen LogP contribution in [0.4, 0.5) is 5.69 Å². The fourth-order valence-corrected chi connectivity index (χ4v) is 1.90. The number of benzene rings is 2. The van der Waals surface area contributed by atoms with E-state index in [1.807, 2.05) is 30.3 Å². The Hall–Kier alpha value is -1.19. The smallest absolute Gasteiger partial charge is 0.134 e. The van der Waals surface area contributed by atoms with E-state index in [-0.39, 0.29) is 5.75 Å². The molecule has 0 spiro atoms. The standard InChI is InChI=1S/C13H11BrClNO/c14-10-2-4-11(5-3-10)16-8-9-1-6-13(17)12(15)7-9/h1-7,16-17H,8H2. The molecule has 4 heteroatoms. The number of phenols is 1. The molecule has 0 aliphatic carbocycles. The lowest BCUT2D eigenvalue weighted by Crippen LogP contribution is -1.98. The number of nitrogens with one attached hydrogen (secondary N) is 1. The minimum atomic E-state index is 0.110. The van der Waals surface area contributed by atoms with Crippen molar-refractivity contribution in [2.75, 3.05) is 5.32 Å². The lowest BCUT2D eigenvalue weighted by molar-refractivity contribution is 0.475. The van der Waals surface area contributed by atoms with E-state index in [4.69, 9.17) is 11.6 Å². The van der Waals surface area contributed by atoms with Crippen LogP contribution in [0.5, 0.6) is 5.75 Å². The summed E-state index contributed by atoms with van der Waals surface area (Å²) in [5, 5.41) is 13.0. The molecule has 2 rings (SSSR count). The average Bonchev–Trinajstić information content (AvgIpc) is 2.33. The van der Waals surface area contributed by atoms with Gasteiger partial charge in [-0.2, -0.15) is 0 Å². The van der Waals surface area contributed by atoms with E-state index in [1.54, 1.807) is 12.1 Å². The number of phenolic OH excluding ortho intramolecular Hbond substituents is 1. The molecule has 2 aromatic carbocycles. The van der Waals surface area contributed by atoms with Gasteiger partial charge in [-0.1, -0.05) is 33.6 Å². The average molecular weight is 313 g/mol. The topological polar surface area (TPSA) is 32.3 Å². The van der Waals surface area contributed by atoms with Gasteiger partial charge in [0.1, 0.15) is 5.75 Å². The second-order valence-corrected chi connectivity index (χ2v) is 4.97. The number of aromatic hydroxyl groups is 1. The lowest BCUT2D eigenvalue weighted by Gasteiger charge is -2.07. The molecule has 0 aromatic heterocycles. The van der Waals surface area contributed by atoms with Gasteiger partial charge >= 0.3 is 0 Å². The van der Waals surface area contributed by atoms with Crippen molar-refractivity contribution >= 4 is 33.2 Å². The largest absolute Gasteiger partial charge is 0.506 e. The van der Waals surface area contributed by atoms with Crippen molar-refractivity contribution in [1.29, 1.82) is 0 Å². The maximum absolute atomic E-state index is 9.30. The highest BCUT2D eigenvalue weighted by atomic mass is 79.9. The van der Waals surface area contributed by atoms with Gasteiger partial charge < -0.3 is 10.4 Å². The molecule has 0 amide bonds. The molecule has 0 atom stereocenters. The van der Waals surface area contributed by atoms with Crippen LogP contribution in [0.3, 0.4) is 0 Å². The molecule has 0 aliphatic rings.